The number of alkyl halides is 3. The number of halogens is 4. The average Bonchev–Trinajstić information content (AvgIpc) is 2.32. The molecule has 0 spiro atoms. The fourth-order valence-corrected chi connectivity index (χ4v) is 2.12. The van der Waals surface area contributed by atoms with Gasteiger partial charge >= 0.3 is 6.18 Å². The molecule has 0 fully saturated rings. The molecule has 20 heavy (non-hydrogen) atoms. The van der Waals surface area contributed by atoms with Gasteiger partial charge < -0.3 is 5.11 Å². The molecule has 114 valence electrons. The molecule has 1 aromatic rings. The van der Waals surface area contributed by atoms with E-state index >= 15 is 0 Å². The van der Waals surface area contributed by atoms with Gasteiger partial charge in [0.2, 0.25) is 0 Å². The molecule has 0 aromatic heterocycles. The Hall–Kier alpha value is -0.780. The monoisotopic (exact) mass is 309 g/mol. The predicted octanol–water partition coefficient (Wildman–Crippen LogP) is 4.04. The minimum Gasteiger partial charge on any atom is -0.388 e. The molecule has 0 amide bonds. The SMILES string of the molecule is CC(C)N(CCC(O)c1cccc(Cl)c1)CC(F)(F)F. The van der Waals surface area contributed by atoms with Crippen LogP contribution in [0.1, 0.15) is 31.9 Å². The standard InChI is InChI=1S/C14H19ClF3NO/c1-10(2)19(9-14(16,17)18)7-6-13(20)11-4-3-5-12(15)8-11/h3-5,8,10,13,20H,6-7,9H2,1-2H3. The lowest BCUT2D eigenvalue weighted by Gasteiger charge is -2.28. The van der Waals surface area contributed by atoms with Gasteiger partial charge in [0, 0.05) is 17.6 Å². The van der Waals surface area contributed by atoms with E-state index in [1.165, 1.54) is 4.90 Å². The molecule has 2 nitrogen and oxygen atoms in total. The van der Waals surface area contributed by atoms with Gasteiger partial charge in [-0.15, -0.1) is 0 Å². The maximum Gasteiger partial charge on any atom is 0.401 e. The van der Waals surface area contributed by atoms with Crippen LogP contribution in [-0.4, -0.2) is 35.3 Å². The highest BCUT2D eigenvalue weighted by Gasteiger charge is 2.31. The van der Waals surface area contributed by atoms with Crippen molar-refractivity contribution in [2.45, 2.75) is 38.6 Å². The fourth-order valence-electron chi connectivity index (χ4n) is 1.92. The van der Waals surface area contributed by atoms with E-state index in [1.807, 2.05) is 0 Å². The molecule has 1 unspecified atom stereocenters. The van der Waals surface area contributed by atoms with Crippen LogP contribution in [-0.2, 0) is 0 Å². The molecule has 0 saturated carbocycles. The molecule has 1 atom stereocenters. The molecular formula is C14H19ClF3NO. The first kappa shape index (κ1) is 17.3. The van der Waals surface area contributed by atoms with Crippen molar-refractivity contribution in [3.05, 3.63) is 34.9 Å². The van der Waals surface area contributed by atoms with Crippen LogP contribution in [0, 0.1) is 0 Å². The van der Waals surface area contributed by atoms with Gasteiger partial charge in [0.1, 0.15) is 0 Å². The number of hydrogen-bond donors (Lipinski definition) is 1. The van der Waals surface area contributed by atoms with Gasteiger partial charge in [0.05, 0.1) is 12.6 Å². The first-order valence-electron chi connectivity index (χ1n) is 6.43. The smallest absolute Gasteiger partial charge is 0.388 e. The maximum absolute atomic E-state index is 12.4. The zero-order chi connectivity index (χ0) is 15.3. The molecule has 1 rings (SSSR count). The van der Waals surface area contributed by atoms with Gasteiger partial charge in [-0.3, -0.25) is 4.90 Å². The van der Waals surface area contributed by atoms with Crippen LogP contribution < -0.4 is 0 Å². The molecule has 0 saturated heterocycles. The van der Waals surface area contributed by atoms with E-state index in [-0.39, 0.29) is 19.0 Å². The minimum atomic E-state index is -4.23. The Morgan fingerprint density at radius 3 is 2.45 bits per heavy atom. The molecule has 0 bridgehead atoms. The number of nitrogens with zero attached hydrogens (tertiary/aromatic N) is 1. The second-order valence-electron chi connectivity index (χ2n) is 5.04. The lowest BCUT2D eigenvalue weighted by Crippen LogP contribution is -2.40. The summed E-state index contributed by atoms with van der Waals surface area (Å²) in [6.07, 6.45) is -4.82. The van der Waals surface area contributed by atoms with Crippen molar-refractivity contribution in [2.75, 3.05) is 13.1 Å². The van der Waals surface area contributed by atoms with Crippen LogP contribution in [0.4, 0.5) is 13.2 Å². The zero-order valence-electron chi connectivity index (χ0n) is 11.5. The summed E-state index contributed by atoms with van der Waals surface area (Å²) < 4.78 is 37.3. The molecule has 6 heteroatoms. The Morgan fingerprint density at radius 2 is 1.95 bits per heavy atom. The van der Waals surface area contributed by atoms with E-state index < -0.39 is 18.8 Å². The summed E-state index contributed by atoms with van der Waals surface area (Å²) in [5.41, 5.74) is 0.619. The van der Waals surface area contributed by atoms with Gasteiger partial charge in [0.15, 0.2) is 0 Å². The number of aliphatic hydroxyl groups is 1. The fraction of sp³-hybridized carbons (Fsp3) is 0.571. The van der Waals surface area contributed by atoms with Crippen molar-refractivity contribution in [3.8, 4) is 0 Å². The predicted molar refractivity (Wildman–Crippen MR) is 73.8 cm³/mol. The highest BCUT2D eigenvalue weighted by molar-refractivity contribution is 6.30. The van der Waals surface area contributed by atoms with Gasteiger partial charge in [-0.25, -0.2) is 0 Å². The topological polar surface area (TPSA) is 23.5 Å². The third-order valence-corrected chi connectivity index (χ3v) is 3.27. The molecule has 1 N–H and O–H groups in total. The Morgan fingerprint density at radius 1 is 1.30 bits per heavy atom. The Bertz CT molecular complexity index is 423. The largest absolute Gasteiger partial charge is 0.401 e. The average molecular weight is 310 g/mol. The molecule has 0 aliphatic carbocycles. The molecule has 0 radical (unpaired) electrons. The Kier molecular flexibility index (Phi) is 6.30. The third-order valence-electron chi connectivity index (χ3n) is 3.04. The first-order chi connectivity index (χ1) is 9.19. The Balaban J connectivity index is 2.59. The third kappa shape index (κ3) is 6.11. The molecule has 0 aliphatic heterocycles. The molecule has 0 heterocycles. The summed E-state index contributed by atoms with van der Waals surface area (Å²) in [6.45, 7) is 2.62. The van der Waals surface area contributed by atoms with Crippen LogP contribution in [0.2, 0.25) is 5.02 Å². The first-order valence-corrected chi connectivity index (χ1v) is 6.81. The van der Waals surface area contributed by atoms with Crippen LogP contribution >= 0.6 is 11.6 Å². The quantitative estimate of drug-likeness (QED) is 0.857. The molecule has 0 aliphatic rings. The van der Waals surface area contributed by atoms with Crippen molar-refractivity contribution >= 4 is 11.6 Å². The zero-order valence-corrected chi connectivity index (χ0v) is 12.2. The minimum absolute atomic E-state index is 0.171. The van der Waals surface area contributed by atoms with Crippen molar-refractivity contribution in [3.63, 3.8) is 0 Å². The van der Waals surface area contributed by atoms with Gasteiger partial charge in [-0.1, -0.05) is 23.7 Å². The lowest BCUT2D eigenvalue weighted by atomic mass is 10.1. The number of hydrogen-bond acceptors (Lipinski definition) is 2. The molecular weight excluding hydrogens is 291 g/mol. The van der Waals surface area contributed by atoms with Crippen LogP contribution in [0.3, 0.4) is 0 Å². The van der Waals surface area contributed by atoms with Crippen molar-refractivity contribution in [1.29, 1.82) is 0 Å². The van der Waals surface area contributed by atoms with E-state index in [1.54, 1.807) is 38.1 Å². The van der Waals surface area contributed by atoms with E-state index in [0.717, 1.165) is 0 Å². The summed E-state index contributed by atoms with van der Waals surface area (Å²) in [5, 5.41) is 10.5. The van der Waals surface area contributed by atoms with Crippen molar-refractivity contribution < 1.29 is 18.3 Å². The van der Waals surface area contributed by atoms with Gasteiger partial charge in [-0.2, -0.15) is 13.2 Å². The summed E-state index contributed by atoms with van der Waals surface area (Å²) in [5.74, 6) is 0. The van der Waals surface area contributed by atoms with Gasteiger partial charge in [0.25, 0.3) is 0 Å². The second kappa shape index (κ2) is 7.29. The van der Waals surface area contributed by atoms with E-state index in [0.29, 0.717) is 10.6 Å². The normalized spacial score (nSPS) is 14.1. The van der Waals surface area contributed by atoms with Crippen molar-refractivity contribution in [2.24, 2.45) is 0 Å². The highest BCUT2D eigenvalue weighted by Crippen LogP contribution is 2.23. The van der Waals surface area contributed by atoms with Crippen LogP contribution in [0.5, 0.6) is 0 Å². The highest BCUT2D eigenvalue weighted by atomic mass is 35.5. The van der Waals surface area contributed by atoms with Crippen molar-refractivity contribution in [1.82, 2.24) is 4.90 Å². The number of aliphatic hydroxyl groups excluding tert-OH is 1. The van der Waals surface area contributed by atoms with E-state index in [9.17, 15) is 18.3 Å². The maximum atomic E-state index is 12.4. The lowest BCUT2D eigenvalue weighted by molar-refractivity contribution is -0.150. The Labute approximate surface area is 122 Å². The van der Waals surface area contributed by atoms with Gasteiger partial charge in [-0.05, 0) is 38.0 Å². The summed E-state index contributed by atoms with van der Waals surface area (Å²) in [7, 11) is 0. The molecule has 1 aromatic carbocycles. The van der Waals surface area contributed by atoms with Crippen LogP contribution in [0.15, 0.2) is 24.3 Å². The second-order valence-corrected chi connectivity index (χ2v) is 5.48. The van der Waals surface area contributed by atoms with E-state index in [2.05, 4.69) is 0 Å². The van der Waals surface area contributed by atoms with Crippen LogP contribution in [0.25, 0.3) is 0 Å². The number of benzene rings is 1. The number of rotatable bonds is 6. The summed E-state index contributed by atoms with van der Waals surface area (Å²) in [6, 6.07) is 6.48. The summed E-state index contributed by atoms with van der Waals surface area (Å²) >= 11 is 5.82. The van der Waals surface area contributed by atoms with E-state index in [4.69, 9.17) is 11.6 Å². The summed E-state index contributed by atoms with van der Waals surface area (Å²) in [4.78, 5) is 1.30.